The SMILES string of the molecule is COC(=O)[C@@H](CCSC)NC(=O)/C=C/c1ccc(OC)cc1OC. The molecule has 24 heavy (non-hydrogen) atoms. The van der Waals surface area contributed by atoms with Crippen LogP contribution in [0.3, 0.4) is 0 Å². The lowest BCUT2D eigenvalue weighted by Crippen LogP contribution is -2.41. The molecule has 0 aliphatic rings. The van der Waals surface area contributed by atoms with Gasteiger partial charge in [0, 0.05) is 17.7 Å². The number of hydrogen-bond acceptors (Lipinski definition) is 6. The van der Waals surface area contributed by atoms with E-state index >= 15 is 0 Å². The summed E-state index contributed by atoms with van der Waals surface area (Å²) in [6, 6.07) is 4.63. The number of ether oxygens (including phenoxy) is 3. The molecule has 0 bridgehead atoms. The molecule has 0 saturated carbocycles. The number of rotatable bonds is 9. The molecule has 0 aliphatic heterocycles. The summed E-state index contributed by atoms with van der Waals surface area (Å²) in [4.78, 5) is 23.7. The van der Waals surface area contributed by atoms with Crippen molar-refractivity contribution in [3.8, 4) is 11.5 Å². The van der Waals surface area contributed by atoms with Crippen LogP contribution >= 0.6 is 11.8 Å². The van der Waals surface area contributed by atoms with Crippen LogP contribution in [0.1, 0.15) is 12.0 Å². The van der Waals surface area contributed by atoms with Gasteiger partial charge >= 0.3 is 5.97 Å². The Morgan fingerprint density at radius 2 is 2.00 bits per heavy atom. The van der Waals surface area contributed by atoms with E-state index in [1.165, 1.54) is 13.2 Å². The minimum Gasteiger partial charge on any atom is -0.497 e. The van der Waals surface area contributed by atoms with Gasteiger partial charge in [-0.3, -0.25) is 4.79 Å². The van der Waals surface area contributed by atoms with Crippen molar-refractivity contribution in [2.24, 2.45) is 0 Å². The zero-order chi connectivity index (χ0) is 17.9. The van der Waals surface area contributed by atoms with E-state index < -0.39 is 12.0 Å². The van der Waals surface area contributed by atoms with E-state index in [2.05, 4.69) is 5.32 Å². The van der Waals surface area contributed by atoms with Crippen LogP contribution in [-0.4, -0.2) is 51.3 Å². The van der Waals surface area contributed by atoms with Crippen molar-refractivity contribution >= 4 is 29.7 Å². The second kappa shape index (κ2) is 10.6. The lowest BCUT2D eigenvalue weighted by Gasteiger charge is -2.14. The summed E-state index contributed by atoms with van der Waals surface area (Å²) in [6.07, 6.45) is 5.43. The van der Waals surface area contributed by atoms with Crippen LogP contribution in [0, 0.1) is 0 Å². The molecular weight excluding hydrogens is 330 g/mol. The topological polar surface area (TPSA) is 73.9 Å². The fourth-order valence-electron chi connectivity index (χ4n) is 1.97. The molecule has 0 radical (unpaired) electrons. The second-order valence-electron chi connectivity index (χ2n) is 4.81. The first-order valence-electron chi connectivity index (χ1n) is 7.33. The van der Waals surface area contributed by atoms with E-state index in [9.17, 15) is 9.59 Å². The van der Waals surface area contributed by atoms with Gasteiger partial charge < -0.3 is 19.5 Å². The maximum absolute atomic E-state index is 12.1. The van der Waals surface area contributed by atoms with Gasteiger partial charge in [0.25, 0.3) is 0 Å². The lowest BCUT2D eigenvalue weighted by atomic mass is 10.1. The van der Waals surface area contributed by atoms with Gasteiger partial charge in [0.2, 0.25) is 5.91 Å². The molecule has 1 atom stereocenters. The highest BCUT2D eigenvalue weighted by molar-refractivity contribution is 7.98. The van der Waals surface area contributed by atoms with Crippen molar-refractivity contribution in [2.45, 2.75) is 12.5 Å². The quantitative estimate of drug-likeness (QED) is 0.541. The molecule has 0 spiro atoms. The number of methoxy groups -OCH3 is 3. The smallest absolute Gasteiger partial charge is 0.328 e. The van der Waals surface area contributed by atoms with E-state index in [4.69, 9.17) is 14.2 Å². The first-order chi connectivity index (χ1) is 11.5. The van der Waals surface area contributed by atoms with E-state index in [1.807, 2.05) is 6.26 Å². The van der Waals surface area contributed by atoms with Crippen LogP contribution in [0.5, 0.6) is 11.5 Å². The van der Waals surface area contributed by atoms with Gasteiger partial charge in [-0.1, -0.05) is 0 Å². The molecule has 0 fully saturated rings. The average Bonchev–Trinajstić information content (AvgIpc) is 2.62. The summed E-state index contributed by atoms with van der Waals surface area (Å²) in [6.45, 7) is 0. The Bertz CT molecular complexity index is 588. The van der Waals surface area contributed by atoms with Gasteiger partial charge in [0.05, 0.1) is 21.3 Å². The Hall–Kier alpha value is -2.15. The maximum atomic E-state index is 12.1. The molecule has 1 N–H and O–H groups in total. The molecule has 0 saturated heterocycles. The number of benzene rings is 1. The molecule has 0 aromatic heterocycles. The van der Waals surface area contributed by atoms with Crippen LogP contribution in [0.4, 0.5) is 0 Å². The Morgan fingerprint density at radius 3 is 2.58 bits per heavy atom. The van der Waals surface area contributed by atoms with Crippen molar-refractivity contribution in [2.75, 3.05) is 33.3 Å². The summed E-state index contributed by atoms with van der Waals surface area (Å²) < 4.78 is 15.1. The third-order valence-electron chi connectivity index (χ3n) is 3.27. The van der Waals surface area contributed by atoms with Crippen molar-refractivity contribution in [1.82, 2.24) is 5.32 Å². The van der Waals surface area contributed by atoms with Gasteiger partial charge in [0.1, 0.15) is 17.5 Å². The van der Waals surface area contributed by atoms with Crippen LogP contribution in [0.25, 0.3) is 6.08 Å². The minimum atomic E-state index is -0.655. The highest BCUT2D eigenvalue weighted by Crippen LogP contribution is 2.25. The Labute approximate surface area is 146 Å². The van der Waals surface area contributed by atoms with Gasteiger partial charge in [-0.25, -0.2) is 4.79 Å². The zero-order valence-corrected chi connectivity index (χ0v) is 15.1. The number of hydrogen-bond donors (Lipinski definition) is 1. The molecule has 132 valence electrons. The molecule has 0 aliphatic carbocycles. The molecule has 0 heterocycles. The summed E-state index contributed by atoms with van der Waals surface area (Å²) >= 11 is 1.60. The van der Waals surface area contributed by atoms with E-state index in [-0.39, 0.29) is 5.91 Å². The molecule has 1 aromatic carbocycles. The Morgan fingerprint density at radius 1 is 1.25 bits per heavy atom. The molecular formula is C17H23NO5S. The van der Waals surface area contributed by atoms with Crippen molar-refractivity contribution in [3.63, 3.8) is 0 Å². The maximum Gasteiger partial charge on any atom is 0.328 e. The molecule has 1 rings (SSSR count). The summed E-state index contributed by atoms with van der Waals surface area (Å²) in [5.74, 6) is 1.18. The molecule has 6 nitrogen and oxygen atoms in total. The van der Waals surface area contributed by atoms with Gasteiger partial charge in [-0.05, 0) is 36.6 Å². The van der Waals surface area contributed by atoms with Crippen LogP contribution in [0.2, 0.25) is 0 Å². The van der Waals surface area contributed by atoms with Gasteiger partial charge in [0.15, 0.2) is 0 Å². The minimum absolute atomic E-state index is 0.371. The molecule has 1 amide bonds. The van der Waals surface area contributed by atoms with Crippen molar-refractivity contribution in [1.29, 1.82) is 0 Å². The lowest BCUT2D eigenvalue weighted by molar-refractivity contribution is -0.144. The number of thioether (sulfide) groups is 1. The standard InChI is InChI=1S/C17H23NO5S/c1-21-13-7-5-12(15(11-13)22-2)6-8-16(19)18-14(9-10-24-4)17(20)23-3/h5-8,11,14H,9-10H2,1-4H3,(H,18,19)/b8-6+/t14-/m1/s1. The second-order valence-corrected chi connectivity index (χ2v) is 5.79. The van der Waals surface area contributed by atoms with E-state index in [0.29, 0.717) is 17.9 Å². The number of carbonyl (C=O) groups excluding carboxylic acids is 2. The fraction of sp³-hybridized carbons (Fsp3) is 0.412. The number of esters is 1. The highest BCUT2D eigenvalue weighted by atomic mass is 32.2. The fourth-order valence-corrected chi connectivity index (χ4v) is 2.44. The summed E-state index contributed by atoms with van der Waals surface area (Å²) in [5.41, 5.74) is 0.729. The molecule has 7 heteroatoms. The van der Waals surface area contributed by atoms with E-state index in [1.54, 1.807) is 50.3 Å². The predicted octanol–water partition coefficient (Wildman–Crippen LogP) is 2.13. The van der Waals surface area contributed by atoms with Crippen molar-refractivity contribution in [3.05, 3.63) is 29.8 Å². The largest absolute Gasteiger partial charge is 0.497 e. The molecule has 1 aromatic rings. The third kappa shape index (κ3) is 6.16. The van der Waals surface area contributed by atoms with Crippen LogP contribution < -0.4 is 14.8 Å². The monoisotopic (exact) mass is 353 g/mol. The molecule has 0 unspecified atom stereocenters. The van der Waals surface area contributed by atoms with Crippen LogP contribution in [-0.2, 0) is 14.3 Å². The normalized spacial score (nSPS) is 11.8. The predicted molar refractivity (Wildman–Crippen MR) is 95.5 cm³/mol. The summed E-state index contributed by atoms with van der Waals surface area (Å²) in [5, 5.41) is 2.65. The number of nitrogens with one attached hydrogen (secondary N) is 1. The number of amides is 1. The summed E-state index contributed by atoms with van der Waals surface area (Å²) in [7, 11) is 4.42. The van der Waals surface area contributed by atoms with Crippen LogP contribution in [0.15, 0.2) is 24.3 Å². The van der Waals surface area contributed by atoms with E-state index in [0.717, 1.165) is 11.3 Å². The average molecular weight is 353 g/mol. The first-order valence-corrected chi connectivity index (χ1v) is 8.72. The zero-order valence-electron chi connectivity index (χ0n) is 14.3. The highest BCUT2D eigenvalue weighted by Gasteiger charge is 2.19. The van der Waals surface area contributed by atoms with Crippen molar-refractivity contribution < 1.29 is 23.8 Å². The third-order valence-corrected chi connectivity index (χ3v) is 3.91. The Kier molecular flexibility index (Phi) is 8.78. The first kappa shape index (κ1) is 19.9. The van der Waals surface area contributed by atoms with Gasteiger partial charge in [-0.15, -0.1) is 0 Å². The Balaban J connectivity index is 2.78. The number of carbonyl (C=O) groups is 2. The van der Waals surface area contributed by atoms with Gasteiger partial charge in [-0.2, -0.15) is 11.8 Å².